The first-order valence-electron chi connectivity index (χ1n) is 7.32. The quantitative estimate of drug-likeness (QED) is 0.529. The first-order chi connectivity index (χ1) is 11.6. The Morgan fingerprint density at radius 1 is 0.917 bits per heavy atom. The summed E-state index contributed by atoms with van der Waals surface area (Å²) in [4.78, 5) is 36.2. The lowest BCUT2D eigenvalue weighted by Crippen LogP contribution is -2.21. The molecule has 3 aromatic rings. The van der Waals surface area contributed by atoms with Gasteiger partial charge in [-0.1, -0.05) is 29.5 Å². The third-order valence-electron chi connectivity index (χ3n) is 4.20. The fourth-order valence-corrected chi connectivity index (χ4v) is 2.91. The van der Waals surface area contributed by atoms with Crippen molar-refractivity contribution in [1.82, 2.24) is 15.0 Å². The number of carbonyl (C=O) groups is 3. The number of benzene rings is 2. The van der Waals surface area contributed by atoms with E-state index in [-0.39, 0.29) is 17.3 Å². The number of carbonyl (C=O) groups excluding carboxylic acids is 3. The highest BCUT2D eigenvalue weighted by molar-refractivity contribution is 6.28. The molecule has 6 nitrogen and oxygen atoms in total. The predicted molar refractivity (Wildman–Crippen MR) is 84.8 cm³/mol. The maximum absolute atomic E-state index is 12.7. The molecule has 0 amide bonds. The second-order valence-corrected chi connectivity index (χ2v) is 5.52. The Morgan fingerprint density at radius 2 is 1.54 bits per heavy atom. The number of hydrogen-bond acceptors (Lipinski definition) is 5. The van der Waals surface area contributed by atoms with Crippen LogP contribution in [0.25, 0.3) is 5.69 Å². The number of rotatable bonds is 2. The summed E-state index contributed by atoms with van der Waals surface area (Å²) in [5, 5.41) is 7.72. The van der Waals surface area contributed by atoms with Gasteiger partial charge in [-0.15, -0.1) is 5.10 Å². The molecule has 0 bridgehead atoms. The van der Waals surface area contributed by atoms with Crippen molar-refractivity contribution in [2.45, 2.75) is 6.92 Å². The van der Waals surface area contributed by atoms with Crippen LogP contribution >= 0.6 is 0 Å². The Hall–Kier alpha value is -3.41. The molecule has 0 saturated carbocycles. The van der Waals surface area contributed by atoms with Crippen LogP contribution in [0.3, 0.4) is 0 Å². The average Bonchev–Trinajstić information content (AvgIpc) is 3.00. The maximum Gasteiger partial charge on any atom is 0.194 e. The molecule has 0 unspecified atom stereocenters. The summed E-state index contributed by atoms with van der Waals surface area (Å²) in [6.07, 6.45) is 0.627. The van der Waals surface area contributed by atoms with E-state index in [0.29, 0.717) is 39.9 Å². The van der Waals surface area contributed by atoms with Crippen LogP contribution in [0.5, 0.6) is 0 Å². The molecule has 0 radical (unpaired) electrons. The summed E-state index contributed by atoms with van der Waals surface area (Å²) < 4.78 is 1.47. The third kappa shape index (κ3) is 1.86. The van der Waals surface area contributed by atoms with E-state index in [1.54, 1.807) is 49.4 Å². The second kappa shape index (κ2) is 5.06. The smallest absolute Gasteiger partial charge is 0.194 e. The van der Waals surface area contributed by atoms with E-state index in [0.717, 1.165) is 0 Å². The number of nitrogens with zero attached hydrogens (tertiary/aromatic N) is 3. The van der Waals surface area contributed by atoms with Gasteiger partial charge >= 0.3 is 0 Å². The fraction of sp³-hybridized carbons (Fsp3) is 0.0556. The molecule has 1 aliphatic carbocycles. The number of aromatic nitrogens is 3. The largest absolute Gasteiger partial charge is 0.296 e. The van der Waals surface area contributed by atoms with Crippen molar-refractivity contribution < 1.29 is 14.4 Å². The summed E-state index contributed by atoms with van der Waals surface area (Å²) in [6, 6.07) is 11.7. The molecule has 0 spiro atoms. The van der Waals surface area contributed by atoms with Crippen molar-refractivity contribution in [3.8, 4) is 5.69 Å². The number of hydrogen-bond donors (Lipinski definition) is 0. The van der Waals surface area contributed by atoms with Gasteiger partial charge in [0.2, 0.25) is 0 Å². The zero-order valence-corrected chi connectivity index (χ0v) is 12.7. The summed E-state index contributed by atoms with van der Waals surface area (Å²) in [6.45, 7) is 1.71. The molecule has 1 aromatic heterocycles. The molecule has 24 heavy (non-hydrogen) atoms. The van der Waals surface area contributed by atoms with Crippen molar-refractivity contribution in [3.63, 3.8) is 0 Å². The maximum atomic E-state index is 12.7. The summed E-state index contributed by atoms with van der Waals surface area (Å²) in [5.74, 6) is -0.369. The minimum atomic E-state index is -0.199. The van der Waals surface area contributed by atoms with Gasteiger partial charge in [0.1, 0.15) is 5.69 Å². The van der Waals surface area contributed by atoms with Gasteiger partial charge in [-0.25, -0.2) is 4.68 Å². The van der Waals surface area contributed by atoms with Crippen LogP contribution < -0.4 is 0 Å². The fourth-order valence-electron chi connectivity index (χ4n) is 2.91. The molecule has 2 aromatic carbocycles. The Bertz CT molecular complexity index is 1030. The Balaban J connectivity index is 1.90. The lowest BCUT2D eigenvalue weighted by Gasteiger charge is -2.18. The molecule has 0 fully saturated rings. The van der Waals surface area contributed by atoms with Crippen molar-refractivity contribution >= 4 is 17.9 Å². The lowest BCUT2D eigenvalue weighted by atomic mass is 9.84. The lowest BCUT2D eigenvalue weighted by molar-refractivity contribution is 0.0979. The van der Waals surface area contributed by atoms with Gasteiger partial charge in [0.05, 0.1) is 11.4 Å². The van der Waals surface area contributed by atoms with Crippen LogP contribution in [-0.2, 0) is 0 Å². The molecule has 0 aliphatic heterocycles. The average molecular weight is 317 g/mol. The molecule has 0 atom stereocenters. The number of fused-ring (bicyclic) bond motifs is 2. The van der Waals surface area contributed by atoms with Gasteiger partial charge in [-0.3, -0.25) is 14.4 Å². The Labute approximate surface area is 136 Å². The van der Waals surface area contributed by atoms with Crippen molar-refractivity contribution in [2.24, 2.45) is 0 Å². The summed E-state index contributed by atoms with van der Waals surface area (Å²) in [7, 11) is 0. The zero-order valence-electron chi connectivity index (χ0n) is 12.7. The van der Waals surface area contributed by atoms with Crippen molar-refractivity contribution in [3.05, 3.63) is 76.1 Å². The highest BCUT2D eigenvalue weighted by Crippen LogP contribution is 2.28. The van der Waals surface area contributed by atoms with E-state index in [4.69, 9.17) is 0 Å². The van der Waals surface area contributed by atoms with Crippen LogP contribution in [0, 0.1) is 6.92 Å². The molecular formula is C18H11N3O3. The third-order valence-corrected chi connectivity index (χ3v) is 4.20. The van der Waals surface area contributed by atoms with Gasteiger partial charge < -0.3 is 0 Å². The van der Waals surface area contributed by atoms with E-state index in [9.17, 15) is 14.4 Å². The normalized spacial score (nSPS) is 12.7. The number of ketones is 2. The summed E-state index contributed by atoms with van der Waals surface area (Å²) in [5.41, 5.74) is 2.90. The zero-order chi connectivity index (χ0) is 16.8. The number of aldehydes is 1. The highest BCUT2D eigenvalue weighted by Gasteiger charge is 2.29. The first kappa shape index (κ1) is 14.2. The molecule has 0 N–H and O–H groups in total. The van der Waals surface area contributed by atoms with Gasteiger partial charge in [0.25, 0.3) is 0 Å². The summed E-state index contributed by atoms with van der Waals surface area (Å²) >= 11 is 0. The minimum absolute atomic E-state index is 0.171. The van der Waals surface area contributed by atoms with E-state index in [2.05, 4.69) is 10.3 Å². The van der Waals surface area contributed by atoms with Gasteiger partial charge in [0, 0.05) is 22.3 Å². The van der Waals surface area contributed by atoms with E-state index in [1.807, 2.05) is 0 Å². The van der Waals surface area contributed by atoms with E-state index >= 15 is 0 Å². The van der Waals surface area contributed by atoms with Crippen LogP contribution in [0.1, 0.15) is 48.0 Å². The second-order valence-electron chi connectivity index (χ2n) is 5.52. The molecule has 6 heteroatoms. The topological polar surface area (TPSA) is 81.9 Å². The SMILES string of the molecule is Cc1c(C=O)nnn1-c1ccc2c(c1)C(=O)c1ccccc1C2=O. The molecule has 1 heterocycles. The molecule has 1 aliphatic rings. The molecule has 0 saturated heterocycles. The van der Waals surface area contributed by atoms with Crippen LogP contribution in [0.2, 0.25) is 0 Å². The molecule has 4 rings (SSSR count). The molecule has 116 valence electrons. The van der Waals surface area contributed by atoms with Gasteiger partial charge in [-0.05, 0) is 25.1 Å². The minimum Gasteiger partial charge on any atom is -0.296 e. The predicted octanol–water partition coefficient (Wildman–Crippen LogP) is 2.16. The first-order valence-corrected chi connectivity index (χ1v) is 7.32. The van der Waals surface area contributed by atoms with Crippen molar-refractivity contribution in [2.75, 3.05) is 0 Å². The van der Waals surface area contributed by atoms with Crippen LogP contribution in [0.4, 0.5) is 0 Å². The van der Waals surface area contributed by atoms with Crippen LogP contribution in [0.15, 0.2) is 42.5 Å². The Morgan fingerprint density at radius 3 is 2.17 bits per heavy atom. The van der Waals surface area contributed by atoms with Gasteiger partial charge in [-0.2, -0.15) is 0 Å². The van der Waals surface area contributed by atoms with E-state index in [1.165, 1.54) is 4.68 Å². The van der Waals surface area contributed by atoms with Crippen LogP contribution in [-0.4, -0.2) is 32.8 Å². The van der Waals surface area contributed by atoms with Gasteiger partial charge in [0.15, 0.2) is 17.9 Å². The highest BCUT2D eigenvalue weighted by atomic mass is 16.1. The monoisotopic (exact) mass is 317 g/mol. The molecular weight excluding hydrogens is 306 g/mol. The standard InChI is InChI=1S/C18H11N3O3/c1-10-16(9-22)19-20-21(10)11-6-7-14-15(8-11)18(24)13-5-3-2-4-12(13)17(14)23/h2-9H,1H3. The Kier molecular flexibility index (Phi) is 2.99. The van der Waals surface area contributed by atoms with Crippen molar-refractivity contribution in [1.29, 1.82) is 0 Å². The van der Waals surface area contributed by atoms with E-state index < -0.39 is 0 Å².